The summed E-state index contributed by atoms with van der Waals surface area (Å²) in [5, 5.41) is 10.7. The first-order valence-corrected chi connectivity index (χ1v) is 10.2. The van der Waals surface area contributed by atoms with Gasteiger partial charge in [0.15, 0.2) is 5.78 Å². The standard InChI is InChI=1S/C22H30ClNO3/c1-5-6-7-8-9-19-21(20(25)12-14(2)15(3)22(26)27)17-13-16(23)10-11-18(17)24(19)4/h10-11,13-15H,5-9,12H2,1-4H3,(H,26,27)/t14-,15?/m1/s1. The Labute approximate surface area is 166 Å². The SMILES string of the molecule is CCCCCCc1c(C(=O)C[C@@H](C)C(C)C(=O)O)c2cc(Cl)ccc2n1C. The Morgan fingerprint density at radius 2 is 1.89 bits per heavy atom. The molecule has 0 aliphatic carbocycles. The number of fused-ring (bicyclic) bond motifs is 1. The van der Waals surface area contributed by atoms with Gasteiger partial charge in [-0.2, -0.15) is 0 Å². The van der Waals surface area contributed by atoms with Gasteiger partial charge in [0.2, 0.25) is 0 Å². The van der Waals surface area contributed by atoms with E-state index in [-0.39, 0.29) is 18.1 Å². The number of carboxylic acids is 1. The Bertz CT molecular complexity index is 825. The van der Waals surface area contributed by atoms with Crippen molar-refractivity contribution in [1.29, 1.82) is 0 Å². The van der Waals surface area contributed by atoms with Gasteiger partial charge in [0, 0.05) is 40.7 Å². The minimum absolute atomic E-state index is 0.00829. The molecule has 27 heavy (non-hydrogen) atoms. The van der Waals surface area contributed by atoms with Crippen molar-refractivity contribution in [2.45, 2.75) is 59.3 Å². The number of carbonyl (C=O) groups is 2. The van der Waals surface area contributed by atoms with Crippen LogP contribution in [0.5, 0.6) is 0 Å². The van der Waals surface area contributed by atoms with Crippen molar-refractivity contribution in [2.24, 2.45) is 18.9 Å². The molecule has 0 spiro atoms. The maximum absolute atomic E-state index is 13.2. The van der Waals surface area contributed by atoms with Gasteiger partial charge in [-0.3, -0.25) is 9.59 Å². The largest absolute Gasteiger partial charge is 0.481 e. The van der Waals surface area contributed by atoms with Crippen molar-refractivity contribution < 1.29 is 14.7 Å². The van der Waals surface area contributed by atoms with Crippen molar-refractivity contribution >= 4 is 34.3 Å². The molecule has 0 fully saturated rings. The molecule has 4 nitrogen and oxygen atoms in total. The second-order valence-corrected chi connectivity index (χ2v) is 8.02. The second-order valence-electron chi connectivity index (χ2n) is 7.58. The molecule has 148 valence electrons. The molecule has 2 atom stereocenters. The summed E-state index contributed by atoms with van der Waals surface area (Å²) in [5.74, 6) is -1.64. The third-order valence-electron chi connectivity index (χ3n) is 5.58. The molecule has 1 aromatic carbocycles. The molecule has 2 aromatic rings. The van der Waals surface area contributed by atoms with Crippen LogP contribution in [0.4, 0.5) is 0 Å². The minimum Gasteiger partial charge on any atom is -0.481 e. The quantitative estimate of drug-likeness (QED) is 0.406. The van der Waals surface area contributed by atoms with Gasteiger partial charge in [-0.1, -0.05) is 51.6 Å². The third kappa shape index (κ3) is 4.92. The first kappa shape index (κ1) is 21.5. The molecule has 0 radical (unpaired) electrons. The summed E-state index contributed by atoms with van der Waals surface area (Å²) in [7, 11) is 1.99. The van der Waals surface area contributed by atoms with Crippen LogP contribution >= 0.6 is 11.6 Å². The van der Waals surface area contributed by atoms with Gasteiger partial charge in [0.25, 0.3) is 0 Å². The molecule has 0 bridgehead atoms. The highest BCUT2D eigenvalue weighted by Crippen LogP contribution is 2.31. The number of nitrogens with zero attached hydrogens (tertiary/aromatic N) is 1. The molecule has 5 heteroatoms. The number of benzene rings is 1. The lowest BCUT2D eigenvalue weighted by atomic mass is 9.88. The Morgan fingerprint density at radius 3 is 2.52 bits per heavy atom. The van der Waals surface area contributed by atoms with Gasteiger partial charge in [-0.25, -0.2) is 0 Å². The number of ketones is 1. The average Bonchev–Trinajstić information content (AvgIpc) is 2.89. The number of aryl methyl sites for hydroxylation is 1. The number of carboxylic acid groups (broad SMARTS) is 1. The second kappa shape index (κ2) is 9.41. The van der Waals surface area contributed by atoms with E-state index in [1.165, 1.54) is 12.8 Å². The fourth-order valence-electron chi connectivity index (χ4n) is 3.61. The zero-order valence-corrected chi connectivity index (χ0v) is 17.5. The van der Waals surface area contributed by atoms with Crippen molar-refractivity contribution in [3.8, 4) is 0 Å². The van der Waals surface area contributed by atoms with Gasteiger partial charge in [-0.15, -0.1) is 0 Å². The van der Waals surface area contributed by atoms with E-state index >= 15 is 0 Å². The molecular formula is C22H30ClNO3. The lowest BCUT2D eigenvalue weighted by molar-refractivity contribution is -0.142. The van der Waals surface area contributed by atoms with Crippen molar-refractivity contribution in [3.63, 3.8) is 0 Å². The van der Waals surface area contributed by atoms with Gasteiger partial charge in [0.1, 0.15) is 0 Å². The number of aromatic nitrogens is 1. The maximum Gasteiger partial charge on any atom is 0.306 e. The number of halogens is 1. The Morgan fingerprint density at radius 1 is 1.19 bits per heavy atom. The molecule has 0 saturated heterocycles. The maximum atomic E-state index is 13.2. The smallest absolute Gasteiger partial charge is 0.306 e. The van der Waals surface area contributed by atoms with Crippen molar-refractivity contribution in [3.05, 3.63) is 34.5 Å². The van der Waals surface area contributed by atoms with Crippen molar-refractivity contribution in [2.75, 3.05) is 0 Å². The average molecular weight is 392 g/mol. The van der Waals surface area contributed by atoms with Crippen LogP contribution in [-0.2, 0) is 18.3 Å². The minimum atomic E-state index is -0.865. The third-order valence-corrected chi connectivity index (χ3v) is 5.81. The molecular weight excluding hydrogens is 362 g/mol. The highest BCUT2D eigenvalue weighted by molar-refractivity contribution is 6.31. The highest BCUT2D eigenvalue weighted by Gasteiger charge is 2.26. The van der Waals surface area contributed by atoms with Crippen LogP contribution in [0, 0.1) is 11.8 Å². The molecule has 0 saturated carbocycles. The van der Waals surface area contributed by atoms with Gasteiger partial charge < -0.3 is 9.67 Å². The van der Waals surface area contributed by atoms with E-state index in [4.69, 9.17) is 11.6 Å². The van der Waals surface area contributed by atoms with Crippen LogP contribution in [0.25, 0.3) is 10.9 Å². The van der Waals surface area contributed by atoms with Crippen molar-refractivity contribution in [1.82, 2.24) is 4.57 Å². The number of unbranched alkanes of at least 4 members (excludes halogenated alkanes) is 3. The van der Waals surface area contributed by atoms with Crippen LogP contribution in [0.1, 0.15) is 68.9 Å². The molecule has 1 aromatic heterocycles. The van der Waals surface area contributed by atoms with E-state index in [0.717, 1.165) is 41.4 Å². The topological polar surface area (TPSA) is 59.3 Å². The van der Waals surface area contributed by atoms with Crippen LogP contribution < -0.4 is 0 Å². The molecule has 1 N–H and O–H groups in total. The van der Waals surface area contributed by atoms with E-state index in [1.54, 1.807) is 6.92 Å². The lowest BCUT2D eigenvalue weighted by Gasteiger charge is -2.15. The summed E-state index contributed by atoms with van der Waals surface area (Å²) in [6.45, 7) is 5.67. The summed E-state index contributed by atoms with van der Waals surface area (Å²) in [6, 6.07) is 5.65. The molecule has 0 amide bonds. The molecule has 1 unspecified atom stereocenters. The summed E-state index contributed by atoms with van der Waals surface area (Å²) in [5.41, 5.74) is 2.74. The monoisotopic (exact) mass is 391 g/mol. The predicted molar refractivity (Wildman–Crippen MR) is 111 cm³/mol. The Hall–Kier alpha value is -1.81. The number of rotatable bonds is 10. The highest BCUT2D eigenvalue weighted by atomic mass is 35.5. The van der Waals surface area contributed by atoms with Crippen LogP contribution in [0.2, 0.25) is 5.02 Å². The number of hydrogen-bond acceptors (Lipinski definition) is 2. The normalized spacial score (nSPS) is 13.7. The van der Waals surface area contributed by atoms with E-state index < -0.39 is 11.9 Å². The van der Waals surface area contributed by atoms with E-state index in [2.05, 4.69) is 11.5 Å². The molecule has 0 aliphatic rings. The van der Waals surface area contributed by atoms with Gasteiger partial charge in [0.05, 0.1) is 5.92 Å². The van der Waals surface area contributed by atoms with E-state index in [1.807, 2.05) is 32.2 Å². The van der Waals surface area contributed by atoms with Gasteiger partial charge >= 0.3 is 5.97 Å². The fourth-order valence-corrected chi connectivity index (χ4v) is 3.78. The van der Waals surface area contributed by atoms with Gasteiger partial charge in [-0.05, 0) is 37.0 Å². The summed E-state index contributed by atoms with van der Waals surface area (Å²) in [6.07, 6.45) is 5.59. The Balaban J connectivity index is 2.40. The number of Topliss-reactive ketones (excluding diaryl/α,β-unsaturated/α-hetero) is 1. The predicted octanol–water partition coefficient (Wildman–Crippen LogP) is 5.88. The lowest BCUT2D eigenvalue weighted by Crippen LogP contribution is -2.21. The number of hydrogen-bond donors (Lipinski definition) is 1. The molecule has 1 heterocycles. The fraction of sp³-hybridized carbons (Fsp3) is 0.545. The van der Waals surface area contributed by atoms with Crippen LogP contribution in [-0.4, -0.2) is 21.4 Å². The Kier molecular flexibility index (Phi) is 7.49. The summed E-state index contributed by atoms with van der Waals surface area (Å²) in [4.78, 5) is 24.4. The zero-order chi connectivity index (χ0) is 20.1. The summed E-state index contributed by atoms with van der Waals surface area (Å²) >= 11 is 6.20. The van der Waals surface area contributed by atoms with E-state index in [9.17, 15) is 14.7 Å². The van der Waals surface area contributed by atoms with E-state index in [0.29, 0.717) is 5.02 Å². The molecule has 2 rings (SSSR count). The first-order chi connectivity index (χ1) is 12.8. The van der Waals surface area contributed by atoms with Crippen LogP contribution in [0.15, 0.2) is 18.2 Å². The number of carbonyl (C=O) groups excluding carboxylic acids is 1. The van der Waals surface area contributed by atoms with Crippen LogP contribution in [0.3, 0.4) is 0 Å². The number of aliphatic carboxylic acids is 1. The zero-order valence-electron chi connectivity index (χ0n) is 16.7. The molecule has 0 aliphatic heterocycles. The summed E-state index contributed by atoms with van der Waals surface area (Å²) < 4.78 is 2.09. The first-order valence-electron chi connectivity index (χ1n) is 9.80.